The van der Waals surface area contributed by atoms with Crippen LogP contribution in [0.4, 0.5) is 4.39 Å². The minimum Gasteiger partial charge on any atom is -0.312 e. The standard InChI is InChI=1S/C13H18ClFN2/c14-9-13(3-1-2-4-13)10-17-7-11-5-12(15)8-16-6-11/h5-6,8,17H,1-4,7,9-10H2. The van der Waals surface area contributed by atoms with Gasteiger partial charge in [-0.3, -0.25) is 4.98 Å². The molecule has 0 amide bonds. The fraction of sp³-hybridized carbons (Fsp3) is 0.615. The molecule has 1 N–H and O–H groups in total. The molecular weight excluding hydrogens is 239 g/mol. The molecule has 1 fully saturated rings. The van der Waals surface area contributed by atoms with Crippen molar-refractivity contribution < 1.29 is 4.39 Å². The second kappa shape index (κ2) is 5.78. The lowest BCUT2D eigenvalue weighted by Gasteiger charge is -2.26. The molecule has 0 aliphatic heterocycles. The van der Waals surface area contributed by atoms with E-state index in [-0.39, 0.29) is 11.2 Å². The third-order valence-electron chi connectivity index (χ3n) is 3.54. The lowest BCUT2D eigenvalue weighted by molar-refractivity contribution is 0.320. The first kappa shape index (κ1) is 12.8. The Labute approximate surface area is 107 Å². The minimum absolute atomic E-state index is 0.252. The summed E-state index contributed by atoms with van der Waals surface area (Å²) in [5, 5.41) is 3.37. The van der Waals surface area contributed by atoms with Crippen molar-refractivity contribution in [3.8, 4) is 0 Å². The maximum Gasteiger partial charge on any atom is 0.141 e. The fourth-order valence-electron chi connectivity index (χ4n) is 2.51. The summed E-state index contributed by atoms with van der Waals surface area (Å²) in [6.07, 6.45) is 7.86. The van der Waals surface area contributed by atoms with E-state index in [1.807, 2.05) is 0 Å². The van der Waals surface area contributed by atoms with Crippen LogP contribution < -0.4 is 5.32 Å². The van der Waals surface area contributed by atoms with Crippen LogP contribution in [0.1, 0.15) is 31.2 Å². The summed E-state index contributed by atoms with van der Waals surface area (Å²) in [6, 6.07) is 1.52. The predicted octanol–water partition coefficient (Wildman–Crippen LogP) is 3.11. The van der Waals surface area contributed by atoms with Gasteiger partial charge >= 0.3 is 0 Å². The van der Waals surface area contributed by atoms with Crippen LogP contribution in [-0.2, 0) is 6.54 Å². The van der Waals surface area contributed by atoms with Crippen LogP contribution in [0.2, 0.25) is 0 Å². The molecule has 0 spiro atoms. The predicted molar refractivity (Wildman–Crippen MR) is 67.5 cm³/mol. The van der Waals surface area contributed by atoms with Gasteiger partial charge in [-0.15, -0.1) is 11.6 Å². The molecule has 1 aliphatic rings. The van der Waals surface area contributed by atoms with Gasteiger partial charge in [0.1, 0.15) is 5.82 Å². The molecule has 0 unspecified atom stereocenters. The van der Waals surface area contributed by atoms with E-state index < -0.39 is 0 Å². The van der Waals surface area contributed by atoms with Crippen molar-refractivity contribution in [1.82, 2.24) is 10.3 Å². The van der Waals surface area contributed by atoms with E-state index in [1.165, 1.54) is 37.9 Å². The Morgan fingerprint density at radius 3 is 2.76 bits per heavy atom. The molecule has 1 aliphatic carbocycles. The van der Waals surface area contributed by atoms with Gasteiger partial charge in [0, 0.05) is 25.2 Å². The van der Waals surface area contributed by atoms with E-state index in [0.29, 0.717) is 12.4 Å². The van der Waals surface area contributed by atoms with Crippen molar-refractivity contribution >= 4 is 11.6 Å². The average Bonchev–Trinajstić information content (AvgIpc) is 2.79. The van der Waals surface area contributed by atoms with E-state index in [0.717, 1.165) is 12.1 Å². The molecule has 0 atom stereocenters. The van der Waals surface area contributed by atoms with E-state index in [9.17, 15) is 4.39 Å². The van der Waals surface area contributed by atoms with Gasteiger partial charge < -0.3 is 5.32 Å². The lowest BCUT2D eigenvalue weighted by Crippen LogP contribution is -2.33. The Balaban J connectivity index is 1.82. The summed E-state index contributed by atoms with van der Waals surface area (Å²) in [5.41, 5.74) is 1.13. The molecule has 1 aromatic heterocycles. The van der Waals surface area contributed by atoms with Crippen molar-refractivity contribution in [2.24, 2.45) is 5.41 Å². The average molecular weight is 257 g/mol. The van der Waals surface area contributed by atoms with E-state index in [2.05, 4.69) is 10.3 Å². The SMILES string of the molecule is Fc1cncc(CNCC2(CCl)CCCC2)c1. The largest absolute Gasteiger partial charge is 0.312 e. The van der Waals surface area contributed by atoms with Gasteiger partial charge in [-0.25, -0.2) is 4.39 Å². The maximum absolute atomic E-state index is 12.9. The lowest BCUT2D eigenvalue weighted by atomic mass is 9.88. The number of alkyl halides is 1. The summed E-state index contributed by atoms with van der Waals surface area (Å²) in [7, 11) is 0. The molecule has 94 valence electrons. The highest BCUT2D eigenvalue weighted by Gasteiger charge is 2.32. The summed E-state index contributed by atoms with van der Waals surface area (Å²) < 4.78 is 12.9. The second-order valence-electron chi connectivity index (χ2n) is 4.96. The van der Waals surface area contributed by atoms with Crippen molar-refractivity contribution in [3.05, 3.63) is 29.8 Å². The first-order valence-corrected chi connectivity index (χ1v) is 6.64. The topological polar surface area (TPSA) is 24.9 Å². The molecule has 2 rings (SSSR count). The van der Waals surface area contributed by atoms with Crippen molar-refractivity contribution in [2.45, 2.75) is 32.2 Å². The number of nitrogens with one attached hydrogen (secondary N) is 1. The number of aromatic nitrogens is 1. The Morgan fingerprint density at radius 1 is 1.35 bits per heavy atom. The minimum atomic E-state index is -0.280. The molecule has 1 heterocycles. The molecular formula is C13H18ClFN2. The third-order valence-corrected chi connectivity index (χ3v) is 4.11. The van der Waals surface area contributed by atoms with Crippen LogP contribution in [0.5, 0.6) is 0 Å². The van der Waals surface area contributed by atoms with Crippen molar-refractivity contribution in [3.63, 3.8) is 0 Å². The van der Waals surface area contributed by atoms with Gasteiger partial charge in [0.25, 0.3) is 0 Å². The highest BCUT2D eigenvalue weighted by atomic mass is 35.5. The number of pyridine rings is 1. The first-order valence-electron chi connectivity index (χ1n) is 6.10. The van der Waals surface area contributed by atoms with Gasteiger partial charge in [-0.2, -0.15) is 0 Å². The van der Waals surface area contributed by atoms with Crippen LogP contribution in [-0.4, -0.2) is 17.4 Å². The highest BCUT2D eigenvalue weighted by Crippen LogP contribution is 2.38. The van der Waals surface area contributed by atoms with E-state index >= 15 is 0 Å². The van der Waals surface area contributed by atoms with Gasteiger partial charge in [0.2, 0.25) is 0 Å². The van der Waals surface area contributed by atoms with Crippen LogP contribution in [0.15, 0.2) is 18.5 Å². The summed E-state index contributed by atoms with van der Waals surface area (Å²) in [6.45, 7) is 1.57. The summed E-state index contributed by atoms with van der Waals surface area (Å²) in [4.78, 5) is 3.83. The molecule has 2 nitrogen and oxygen atoms in total. The van der Waals surface area contributed by atoms with E-state index in [1.54, 1.807) is 6.20 Å². The molecule has 0 radical (unpaired) electrons. The van der Waals surface area contributed by atoms with Crippen LogP contribution in [0.25, 0.3) is 0 Å². The van der Waals surface area contributed by atoms with Crippen molar-refractivity contribution in [2.75, 3.05) is 12.4 Å². The Morgan fingerprint density at radius 2 is 2.12 bits per heavy atom. The van der Waals surface area contributed by atoms with E-state index in [4.69, 9.17) is 11.6 Å². The number of halogens is 2. The number of hydrogen-bond acceptors (Lipinski definition) is 2. The molecule has 0 saturated heterocycles. The quantitative estimate of drug-likeness (QED) is 0.819. The second-order valence-corrected chi connectivity index (χ2v) is 5.22. The van der Waals surface area contributed by atoms with Gasteiger partial charge in [-0.05, 0) is 29.9 Å². The fourth-order valence-corrected chi connectivity index (χ4v) is 2.87. The highest BCUT2D eigenvalue weighted by molar-refractivity contribution is 6.18. The van der Waals surface area contributed by atoms with Crippen molar-refractivity contribution in [1.29, 1.82) is 0 Å². The molecule has 0 bridgehead atoms. The molecule has 1 aromatic rings. The summed E-state index contributed by atoms with van der Waals surface area (Å²) >= 11 is 6.06. The molecule has 1 saturated carbocycles. The molecule has 0 aromatic carbocycles. The zero-order chi connectivity index (χ0) is 12.1. The number of rotatable bonds is 5. The van der Waals surface area contributed by atoms with Crippen LogP contribution in [0.3, 0.4) is 0 Å². The number of hydrogen-bond donors (Lipinski definition) is 1. The Bertz CT molecular complexity index is 364. The zero-order valence-corrected chi connectivity index (χ0v) is 10.6. The maximum atomic E-state index is 12.9. The number of nitrogens with zero attached hydrogens (tertiary/aromatic N) is 1. The normalized spacial score (nSPS) is 18.5. The first-order chi connectivity index (χ1) is 8.24. The smallest absolute Gasteiger partial charge is 0.141 e. The Hall–Kier alpha value is -0.670. The molecule has 4 heteroatoms. The van der Waals surface area contributed by atoms with Crippen LogP contribution >= 0.6 is 11.6 Å². The molecule has 17 heavy (non-hydrogen) atoms. The zero-order valence-electron chi connectivity index (χ0n) is 9.88. The van der Waals surface area contributed by atoms with Gasteiger partial charge in [0.15, 0.2) is 0 Å². The van der Waals surface area contributed by atoms with Gasteiger partial charge in [-0.1, -0.05) is 12.8 Å². The monoisotopic (exact) mass is 256 g/mol. The third kappa shape index (κ3) is 3.39. The van der Waals surface area contributed by atoms with Crippen LogP contribution in [0, 0.1) is 11.2 Å². The summed E-state index contributed by atoms with van der Waals surface area (Å²) in [5.74, 6) is 0.429. The Kier molecular flexibility index (Phi) is 4.35. The van der Waals surface area contributed by atoms with Gasteiger partial charge in [0.05, 0.1) is 6.20 Å².